The largest absolute Gasteiger partial charge is 0.392 e. The Balaban J connectivity index is 3.05. The third-order valence-corrected chi connectivity index (χ3v) is 3.37. The van der Waals surface area contributed by atoms with Gasteiger partial charge < -0.3 is 5.11 Å². The van der Waals surface area contributed by atoms with Gasteiger partial charge in [0.25, 0.3) is 0 Å². The van der Waals surface area contributed by atoms with Crippen molar-refractivity contribution in [2.24, 2.45) is 0 Å². The number of aliphatic hydroxyl groups excluding tert-OH is 1. The van der Waals surface area contributed by atoms with E-state index in [2.05, 4.69) is 13.8 Å². The zero-order valence-corrected chi connectivity index (χ0v) is 9.91. The van der Waals surface area contributed by atoms with Crippen LogP contribution in [0.2, 0.25) is 0 Å². The quantitative estimate of drug-likeness (QED) is 0.580. The van der Waals surface area contributed by atoms with Gasteiger partial charge in [-0.1, -0.05) is 39.5 Å². The van der Waals surface area contributed by atoms with Crippen molar-refractivity contribution in [3.8, 4) is 0 Å². The first-order chi connectivity index (χ1) is 6.31. The topological polar surface area (TPSA) is 20.2 Å². The van der Waals surface area contributed by atoms with Crippen LogP contribution in [0.15, 0.2) is 0 Å². The van der Waals surface area contributed by atoms with Gasteiger partial charge in [0.1, 0.15) is 0 Å². The average molecular weight is 204 g/mol. The van der Waals surface area contributed by atoms with Crippen LogP contribution in [0.5, 0.6) is 0 Å². The molecule has 1 unspecified atom stereocenters. The maximum atomic E-state index is 9.55. The summed E-state index contributed by atoms with van der Waals surface area (Å²) in [4.78, 5) is 0. The number of thioether (sulfide) groups is 1. The lowest BCUT2D eigenvalue weighted by molar-refractivity contribution is 0.185. The van der Waals surface area contributed by atoms with Gasteiger partial charge in [0.15, 0.2) is 0 Å². The van der Waals surface area contributed by atoms with Crippen LogP contribution in [0.25, 0.3) is 0 Å². The van der Waals surface area contributed by atoms with Gasteiger partial charge in [-0.15, -0.1) is 0 Å². The lowest BCUT2D eigenvalue weighted by Crippen LogP contribution is -2.09. The van der Waals surface area contributed by atoms with Gasteiger partial charge in [-0.25, -0.2) is 0 Å². The first kappa shape index (κ1) is 13.3. The van der Waals surface area contributed by atoms with E-state index in [0.717, 1.165) is 12.2 Å². The molecule has 1 nitrogen and oxygen atoms in total. The molecule has 0 radical (unpaired) electrons. The normalized spacial score (nSPS) is 13.2. The van der Waals surface area contributed by atoms with Gasteiger partial charge in [-0.05, 0) is 18.6 Å². The summed E-state index contributed by atoms with van der Waals surface area (Å²) in [6.07, 6.45) is 7.22. The molecular weight excluding hydrogens is 180 g/mol. The maximum Gasteiger partial charge on any atom is 0.0630 e. The van der Waals surface area contributed by atoms with Crippen LogP contribution in [0.1, 0.15) is 52.4 Å². The maximum absolute atomic E-state index is 9.55. The van der Waals surface area contributed by atoms with Crippen molar-refractivity contribution in [3.63, 3.8) is 0 Å². The van der Waals surface area contributed by atoms with E-state index < -0.39 is 0 Å². The standard InChI is InChI=1S/C11H24OS/c1-3-5-6-7-8-11(12)10-13-9-4-2/h11-12H,3-10H2,1-2H3. The summed E-state index contributed by atoms with van der Waals surface area (Å²) in [5, 5.41) is 9.55. The molecular formula is C11H24OS. The van der Waals surface area contributed by atoms with E-state index in [9.17, 15) is 5.11 Å². The van der Waals surface area contributed by atoms with Crippen molar-refractivity contribution < 1.29 is 5.11 Å². The van der Waals surface area contributed by atoms with Gasteiger partial charge in [0, 0.05) is 5.75 Å². The van der Waals surface area contributed by atoms with E-state index in [1.54, 1.807) is 0 Å². The van der Waals surface area contributed by atoms with E-state index in [1.165, 1.54) is 37.9 Å². The number of hydrogen-bond acceptors (Lipinski definition) is 2. The highest BCUT2D eigenvalue weighted by Gasteiger charge is 2.02. The molecule has 80 valence electrons. The molecule has 1 atom stereocenters. The molecule has 0 saturated heterocycles. The van der Waals surface area contributed by atoms with Crippen molar-refractivity contribution in [2.75, 3.05) is 11.5 Å². The van der Waals surface area contributed by atoms with Crippen molar-refractivity contribution in [3.05, 3.63) is 0 Å². The minimum absolute atomic E-state index is 0.0617. The van der Waals surface area contributed by atoms with Gasteiger partial charge >= 0.3 is 0 Å². The molecule has 0 aliphatic carbocycles. The van der Waals surface area contributed by atoms with Crippen LogP contribution in [0.4, 0.5) is 0 Å². The van der Waals surface area contributed by atoms with Crippen LogP contribution in [-0.4, -0.2) is 22.7 Å². The molecule has 0 aliphatic heterocycles. The molecule has 0 heterocycles. The molecule has 0 spiro atoms. The first-order valence-electron chi connectivity index (χ1n) is 5.57. The highest BCUT2D eigenvalue weighted by molar-refractivity contribution is 7.99. The second-order valence-corrected chi connectivity index (χ2v) is 4.73. The summed E-state index contributed by atoms with van der Waals surface area (Å²) in [5.41, 5.74) is 0. The van der Waals surface area contributed by atoms with E-state index in [0.29, 0.717) is 0 Å². The zero-order chi connectivity index (χ0) is 9.94. The highest BCUT2D eigenvalue weighted by Crippen LogP contribution is 2.11. The Bertz CT molecular complexity index is 96.1. The molecule has 0 saturated carbocycles. The molecule has 13 heavy (non-hydrogen) atoms. The molecule has 0 aromatic carbocycles. The summed E-state index contributed by atoms with van der Waals surface area (Å²) >= 11 is 1.88. The zero-order valence-electron chi connectivity index (χ0n) is 9.09. The Kier molecular flexibility index (Phi) is 10.6. The van der Waals surface area contributed by atoms with Gasteiger partial charge in [-0.3, -0.25) is 0 Å². The van der Waals surface area contributed by atoms with Gasteiger partial charge in [0.05, 0.1) is 6.10 Å². The van der Waals surface area contributed by atoms with Gasteiger partial charge in [0.2, 0.25) is 0 Å². The lowest BCUT2D eigenvalue weighted by Gasteiger charge is -2.09. The molecule has 2 heteroatoms. The monoisotopic (exact) mass is 204 g/mol. The number of aliphatic hydroxyl groups is 1. The third kappa shape index (κ3) is 10.2. The molecule has 0 bridgehead atoms. The van der Waals surface area contributed by atoms with E-state index in [-0.39, 0.29) is 6.10 Å². The van der Waals surface area contributed by atoms with E-state index in [1.807, 2.05) is 11.8 Å². The van der Waals surface area contributed by atoms with Crippen LogP contribution in [0.3, 0.4) is 0 Å². The first-order valence-corrected chi connectivity index (χ1v) is 6.72. The third-order valence-electron chi connectivity index (χ3n) is 2.05. The van der Waals surface area contributed by atoms with Crippen molar-refractivity contribution in [1.29, 1.82) is 0 Å². The number of hydrogen-bond donors (Lipinski definition) is 1. The smallest absolute Gasteiger partial charge is 0.0630 e. The molecule has 0 rings (SSSR count). The Morgan fingerprint density at radius 1 is 1.08 bits per heavy atom. The predicted molar refractivity (Wildman–Crippen MR) is 62.4 cm³/mol. The molecule has 0 aromatic rings. The fourth-order valence-corrected chi connectivity index (χ4v) is 2.15. The summed E-state index contributed by atoms with van der Waals surface area (Å²) < 4.78 is 0. The van der Waals surface area contributed by atoms with Crippen LogP contribution in [0, 0.1) is 0 Å². The summed E-state index contributed by atoms with van der Waals surface area (Å²) in [5.74, 6) is 2.12. The van der Waals surface area contributed by atoms with Gasteiger partial charge in [-0.2, -0.15) is 11.8 Å². The molecule has 0 aliphatic rings. The molecule has 1 N–H and O–H groups in total. The second kappa shape index (κ2) is 10.4. The average Bonchev–Trinajstić information content (AvgIpc) is 2.13. The summed E-state index contributed by atoms with van der Waals surface area (Å²) in [6.45, 7) is 4.40. The predicted octanol–water partition coefficient (Wildman–Crippen LogP) is 3.46. The van der Waals surface area contributed by atoms with Crippen molar-refractivity contribution in [2.45, 2.75) is 58.5 Å². The summed E-state index contributed by atoms with van der Waals surface area (Å²) in [7, 11) is 0. The lowest BCUT2D eigenvalue weighted by atomic mass is 10.1. The van der Waals surface area contributed by atoms with Crippen LogP contribution >= 0.6 is 11.8 Å². The fourth-order valence-electron chi connectivity index (χ4n) is 1.25. The molecule has 0 aromatic heterocycles. The Morgan fingerprint density at radius 3 is 2.46 bits per heavy atom. The highest BCUT2D eigenvalue weighted by atomic mass is 32.2. The number of rotatable bonds is 9. The van der Waals surface area contributed by atoms with Crippen LogP contribution < -0.4 is 0 Å². The second-order valence-electron chi connectivity index (χ2n) is 3.58. The fraction of sp³-hybridized carbons (Fsp3) is 1.00. The summed E-state index contributed by atoms with van der Waals surface area (Å²) in [6, 6.07) is 0. The van der Waals surface area contributed by atoms with Crippen LogP contribution in [-0.2, 0) is 0 Å². The van der Waals surface area contributed by atoms with Crippen molar-refractivity contribution >= 4 is 11.8 Å². The Morgan fingerprint density at radius 2 is 1.85 bits per heavy atom. The Hall–Kier alpha value is 0.310. The Labute approximate surface area is 87.3 Å². The van der Waals surface area contributed by atoms with Crippen molar-refractivity contribution in [1.82, 2.24) is 0 Å². The van der Waals surface area contributed by atoms with E-state index in [4.69, 9.17) is 0 Å². The minimum Gasteiger partial charge on any atom is -0.392 e. The number of unbranched alkanes of at least 4 members (excludes halogenated alkanes) is 3. The van der Waals surface area contributed by atoms with E-state index >= 15 is 0 Å². The SMILES string of the molecule is CCCCCCC(O)CSCCC. The molecule has 0 fully saturated rings. The minimum atomic E-state index is -0.0617. The molecule has 0 amide bonds.